The first-order valence-electron chi connectivity index (χ1n) is 9.74. The van der Waals surface area contributed by atoms with Gasteiger partial charge in [0.2, 0.25) is 0 Å². The number of nitrogens with two attached hydrogens (primary N) is 1. The summed E-state index contributed by atoms with van der Waals surface area (Å²) in [5.41, 5.74) is 9.42. The van der Waals surface area contributed by atoms with Crippen LogP contribution in [0.1, 0.15) is 36.8 Å². The van der Waals surface area contributed by atoms with Gasteiger partial charge in [0.05, 0.1) is 13.7 Å². The van der Waals surface area contributed by atoms with Crippen molar-refractivity contribution in [1.29, 1.82) is 0 Å². The summed E-state index contributed by atoms with van der Waals surface area (Å²) in [6, 6.07) is 16.3. The van der Waals surface area contributed by atoms with Crippen LogP contribution >= 0.6 is 0 Å². The van der Waals surface area contributed by atoms with E-state index in [2.05, 4.69) is 39.5 Å². The van der Waals surface area contributed by atoms with E-state index in [1.54, 1.807) is 7.11 Å². The summed E-state index contributed by atoms with van der Waals surface area (Å²) < 4.78 is 5.15. The van der Waals surface area contributed by atoms with Crippen LogP contribution in [0.3, 0.4) is 0 Å². The van der Waals surface area contributed by atoms with Gasteiger partial charge in [-0.05, 0) is 61.3 Å². The van der Waals surface area contributed by atoms with E-state index in [1.807, 2.05) is 24.3 Å². The normalized spacial score (nSPS) is 16.0. The molecule has 144 valence electrons. The van der Waals surface area contributed by atoms with E-state index in [-0.39, 0.29) is 0 Å². The quantitative estimate of drug-likeness (QED) is 0.599. The Morgan fingerprint density at radius 3 is 2.22 bits per heavy atom. The molecule has 0 aromatic heterocycles. The molecule has 5 heteroatoms. The number of rotatable bonds is 6. The number of likely N-dealkylation sites (tertiary alicyclic amines) is 1. The van der Waals surface area contributed by atoms with Crippen molar-refractivity contribution in [3.63, 3.8) is 0 Å². The average molecular weight is 367 g/mol. The van der Waals surface area contributed by atoms with Gasteiger partial charge in [0.15, 0.2) is 5.96 Å². The highest BCUT2D eigenvalue weighted by Crippen LogP contribution is 2.16. The first-order chi connectivity index (χ1) is 13.2. The van der Waals surface area contributed by atoms with Crippen molar-refractivity contribution in [1.82, 2.24) is 4.90 Å². The number of guanidine groups is 1. The van der Waals surface area contributed by atoms with Crippen LogP contribution in [0.25, 0.3) is 0 Å². The minimum atomic E-state index is 0.411. The lowest BCUT2D eigenvalue weighted by Crippen LogP contribution is -2.23. The van der Waals surface area contributed by atoms with Crippen LogP contribution in [0.2, 0.25) is 0 Å². The summed E-state index contributed by atoms with van der Waals surface area (Å²) in [6.45, 7) is 4.06. The third-order valence-electron chi connectivity index (χ3n) is 4.92. The highest BCUT2D eigenvalue weighted by atomic mass is 16.5. The predicted molar refractivity (Wildman–Crippen MR) is 112 cm³/mol. The molecule has 0 radical (unpaired) electrons. The molecule has 0 unspecified atom stereocenters. The van der Waals surface area contributed by atoms with E-state index in [9.17, 15) is 0 Å². The molecule has 5 nitrogen and oxygen atoms in total. The summed E-state index contributed by atoms with van der Waals surface area (Å²) in [5, 5.41) is 3.10. The average Bonchev–Trinajstić information content (AvgIpc) is 2.97. The lowest BCUT2D eigenvalue weighted by molar-refractivity contribution is 0.277. The largest absolute Gasteiger partial charge is 0.497 e. The molecule has 0 aliphatic carbocycles. The zero-order valence-corrected chi connectivity index (χ0v) is 16.2. The Bertz CT molecular complexity index is 717. The van der Waals surface area contributed by atoms with Crippen LogP contribution in [0, 0.1) is 0 Å². The van der Waals surface area contributed by atoms with Crippen molar-refractivity contribution in [3.05, 3.63) is 59.7 Å². The fraction of sp³-hybridized carbons (Fsp3) is 0.409. The second-order valence-corrected chi connectivity index (χ2v) is 7.06. The highest BCUT2D eigenvalue weighted by molar-refractivity contribution is 5.92. The minimum absolute atomic E-state index is 0.411. The molecule has 2 aromatic carbocycles. The molecular weight excluding hydrogens is 336 g/mol. The van der Waals surface area contributed by atoms with Gasteiger partial charge in [-0.2, -0.15) is 0 Å². The molecule has 1 aliphatic rings. The fourth-order valence-electron chi connectivity index (χ4n) is 3.34. The molecule has 3 rings (SSSR count). The van der Waals surface area contributed by atoms with Crippen molar-refractivity contribution in [2.75, 3.05) is 25.5 Å². The Hall–Kier alpha value is -2.53. The van der Waals surface area contributed by atoms with Crippen LogP contribution in [-0.4, -0.2) is 31.1 Å². The van der Waals surface area contributed by atoms with E-state index < -0.39 is 0 Å². The topological polar surface area (TPSA) is 62.9 Å². The standard InChI is InChI=1S/C22H30N4O/c1-27-21-12-10-20(11-13-21)25-22(23)24-16-18-6-8-19(9-7-18)17-26-14-4-2-3-5-15-26/h6-13H,2-5,14-17H2,1H3,(H3,23,24,25). The summed E-state index contributed by atoms with van der Waals surface area (Å²) in [7, 11) is 1.65. The second kappa shape index (κ2) is 9.97. The van der Waals surface area contributed by atoms with E-state index in [1.165, 1.54) is 44.3 Å². The van der Waals surface area contributed by atoms with Crippen molar-refractivity contribution < 1.29 is 4.74 Å². The molecule has 0 bridgehead atoms. The molecule has 27 heavy (non-hydrogen) atoms. The van der Waals surface area contributed by atoms with Crippen molar-refractivity contribution in [2.45, 2.75) is 38.8 Å². The van der Waals surface area contributed by atoms with Gasteiger partial charge in [0, 0.05) is 12.2 Å². The number of hydrogen-bond acceptors (Lipinski definition) is 3. The fourth-order valence-corrected chi connectivity index (χ4v) is 3.34. The molecule has 1 fully saturated rings. The molecule has 0 amide bonds. The Morgan fingerprint density at radius 2 is 1.59 bits per heavy atom. The van der Waals surface area contributed by atoms with Crippen LogP contribution in [0.15, 0.2) is 53.5 Å². The summed E-state index contributed by atoms with van der Waals surface area (Å²) in [4.78, 5) is 7.00. The molecule has 0 spiro atoms. The van der Waals surface area contributed by atoms with Crippen LogP contribution < -0.4 is 15.8 Å². The SMILES string of the molecule is COc1ccc(NC(N)=NCc2ccc(CN3CCCCCC3)cc2)cc1. The third-order valence-corrected chi connectivity index (χ3v) is 4.92. The maximum atomic E-state index is 5.99. The minimum Gasteiger partial charge on any atom is -0.497 e. The first kappa shape index (κ1) is 19.2. The van der Waals surface area contributed by atoms with Gasteiger partial charge in [0.1, 0.15) is 5.75 Å². The Balaban J connectivity index is 1.50. The Kier molecular flexibility index (Phi) is 7.11. The maximum absolute atomic E-state index is 5.99. The van der Waals surface area contributed by atoms with E-state index in [0.717, 1.165) is 23.5 Å². The van der Waals surface area contributed by atoms with Crippen LogP contribution in [0.4, 0.5) is 5.69 Å². The van der Waals surface area contributed by atoms with Crippen LogP contribution in [-0.2, 0) is 13.1 Å². The second-order valence-electron chi connectivity index (χ2n) is 7.06. The zero-order valence-electron chi connectivity index (χ0n) is 16.2. The highest BCUT2D eigenvalue weighted by Gasteiger charge is 2.09. The van der Waals surface area contributed by atoms with Gasteiger partial charge in [-0.3, -0.25) is 4.90 Å². The Labute approximate surface area is 162 Å². The lowest BCUT2D eigenvalue weighted by Gasteiger charge is -2.19. The van der Waals surface area contributed by atoms with E-state index >= 15 is 0 Å². The zero-order chi connectivity index (χ0) is 18.9. The van der Waals surface area contributed by atoms with Crippen molar-refractivity contribution in [2.24, 2.45) is 10.7 Å². The Morgan fingerprint density at radius 1 is 0.963 bits per heavy atom. The lowest BCUT2D eigenvalue weighted by atomic mass is 10.1. The van der Waals surface area contributed by atoms with Gasteiger partial charge >= 0.3 is 0 Å². The van der Waals surface area contributed by atoms with E-state index in [4.69, 9.17) is 10.5 Å². The number of nitrogens with zero attached hydrogens (tertiary/aromatic N) is 2. The smallest absolute Gasteiger partial charge is 0.193 e. The monoisotopic (exact) mass is 366 g/mol. The van der Waals surface area contributed by atoms with E-state index in [0.29, 0.717) is 12.5 Å². The van der Waals surface area contributed by atoms with Gasteiger partial charge in [-0.25, -0.2) is 4.99 Å². The first-order valence-corrected chi connectivity index (χ1v) is 9.74. The number of benzene rings is 2. The van der Waals surface area contributed by atoms with Gasteiger partial charge in [-0.15, -0.1) is 0 Å². The van der Waals surface area contributed by atoms with Gasteiger partial charge < -0.3 is 15.8 Å². The molecule has 1 heterocycles. The number of nitrogens with one attached hydrogen (secondary N) is 1. The van der Waals surface area contributed by atoms with Gasteiger partial charge in [0.25, 0.3) is 0 Å². The number of methoxy groups -OCH3 is 1. The number of ether oxygens (including phenoxy) is 1. The number of anilines is 1. The van der Waals surface area contributed by atoms with Crippen molar-refractivity contribution >= 4 is 11.6 Å². The number of aliphatic imine (C=N–C) groups is 1. The molecule has 1 aliphatic heterocycles. The maximum Gasteiger partial charge on any atom is 0.193 e. The van der Waals surface area contributed by atoms with Crippen LogP contribution in [0.5, 0.6) is 5.75 Å². The third kappa shape index (κ3) is 6.29. The molecule has 0 saturated carbocycles. The van der Waals surface area contributed by atoms with Gasteiger partial charge in [-0.1, -0.05) is 37.1 Å². The molecule has 2 aromatic rings. The molecule has 3 N–H and O–H groups in total. The molecular formula is C22H30N4O. The summed E-state index contributed by atoms with van der Waals surface area (Å²) in [6.07, 6.45) is 5.40. The number of hydrogen-bond donors (Lipinski definition) is 2. The summed E-state index contributed by atoms with van der Waals surface area (Å²) in [5.74, 6) is 1.23. The molecule has 1 saturated heterocycles. The summed E-state index contributed by atoms with van der Waals surface area (Å²) >= 11 is 0. The molecule has 0 atom stereocenters. The van der Waals surface area contributed by atoms with Crippen molar-refractivity contribution in [3.8, 4) is 5.75 Å². The predicted octanol–water partition coefficient (Wildman–Crippen LogP) is 4.00.